The van der Waals surface area contributed by atoms with E-state index in [-0.39, 0.29) is 19.2 Å². The summed E-state index contributed by atoms with van der Waals surface area (Å²) >= 11 is 0. The molecule has 1 aliphatic rings. The molecule has 1 unspecified atom stereocenters. The summed E-state index contributed by atoms with van der Waals surface area (Å²) in [5.74, 6) is 2.22. The van der Waals surface area contributed by atoms with Crippen molar-refractivity contribution in [1.82, 2.24) is 0 Å². The largest absolute Gasteiger partial charge is 0.489 e. The molecular formula is C53H106O6. The Hall–Kier alpha value is -1.11. The molecule has 59 heavy (non-hydrogen) atoms. The van der Waals surface area contributed by atoms with Crippen LogP contribution in [0, 0.1) is 11.8 Å². The highest BCUT2D eigenvalue weighted by atomic mass is 16.6. The molecule has 1 saturated carbocycles. The summed E-state index contributed by atoms with van der Waals surface area (Å²) in [7, 11) is 0. The highest BCUT2D eigenvalue weighted by Gasteiger charge is 2.20. The van der Waals surface area contributed by atoms with Crippen molar-refractivity contribution < 1.29 is 29.6 Å². The Balaban J connectivity index is 0. The van der Waals surface area contributed by atoms with Gasteiger partial charge in [0.2, 0.25) is 0 Å². The topological polar surface area (TPSA) is 96.2 Å². The van der Waals surface area contributed by atoms with Crippen LogP contribution in [-0.4, -0.2) is 53.8 Å². The Morgan fingerprint density at radius 2 is 0.814 bits per heavy atom. The molecule has 0 saturated heterocycles. The van der Waals surface area contributed by atoms with Crippen molar-refractivity contribution in [3.05, 3.63) is 11.3 Å². The Bertz CT molecular complexity index is 839. The van der Waals surface area contributed by atoms with Crippen LogP contribution < -0.4 is 0 Å². The first-order chi connectivity index (χ1) is 28.7. The van der Waals surface area contributed by atoms with E-state index in [9.17, 15) is 9.90 Å². The van der Waals surface area contributed by atoms with Gasteiger partial charge in [-0.15, -0.1) is 0 Å². The van der Waals surface area contributed by atoms with Gasteiger partial charge in [0.25, 0.3) is 0 Å². The molecule has 0 radical (unpaired) electrons. The van der Waals surface area contributed by atoms with Crippen LogP contribution >= 0.6 is 0 Å². The number of aliphatic hydroxyl groups excluding tert-OH is 3. The minimum atomic E-state index is -0.445. The van der Waals surface area contributed by atoms with E-state index in [4.69, 9.17) is 19.7 Å². The van der Waals surface area contributed by atoms with E-state index in [0.717, 1.165) is 57.1 Å². The van der Waals surface area contributed by atoms with E-state index in [1.165, 1.54) is 185 Å². The van der Waals surface area contributed by atoms with Crippen molar-refractivity contribution >= 4 is 5.97 Å². The van der Waals surface area contributed by atoms with E-state index >= 15 is 0 Å². The fraction of sp³-hybridized carbons (Fsp3) is 0.943. The maximum atomic E-state index is 12.3. The van der Waals surface area contributed by atoms with E-state index < -0.39 is 6.10 Å². The minimum Gasteiger partial charge on any atom is -0.489 e. The van der Waals surface area contributed by atoms with E-state index in [2.05, 4.69) is 41.5 Å². The minimum absolute atomic E-state index is 0.109. The zero-order valence-electron chi connectivity index (χ0n) is 40.8. The highest BCUT2D eigenvalue weighted by molar-refractivity contribution is 5.69. The van der Waals surface area contributed by atoms with Gasteiger partial charge in [0.15, 0.2) is 6.10 Å². The van der Waals surface area contributed by atoms with Gasteiger partial charge in [-0.2, -0.15) is 0 Å². The number of esters is 1. The SMILES string of the molecule is CC(C)CCO.CC(C)CCO.CCCCCCCCCCCCCCCCCC(=O)OCC(CO)OC(CCCCCCCCCCCCCCCCC)=C1CCC1. The van der Waals surface area contributed by atoms with E-state index in [1.54, 1.807) is 0 Å². The average molecular weight is 839 g/mol. The lowest BCUT2D eigenvalue weighted by atomic mass is 9.89. The van der Waals surface area contributed by atoms with Gasteiger partial charge < -0.3 is 24.8 Å². The predicted molar refractivity (Wildman–Crippen MR) is 256 cm³/mol. The van der Waals surface area contributed by atoms with Gasteiger partial charge in [-0.1, -0.05) is 221 Å². The summed E-state index contributed by atoms with van der Waals surface area (Å²) in [5.41, 5.74) is 1.41. The van der Waals surface area contributed by atoms with Crippen molar-refractivity contribution in [2.45, 2.75) is 285 Å². The molecule has 3 N–H and O–H groups in total. The van der Waals surface area contributed by atoms with E-state index in [1.807, 2.05) is 0 Å². The van der Waals surface area contributed by atoms with Crippen LogP contribution in [0.15, 0.2) is 11.3 Å². The summed E-state index contributed by atoms with van der Waals surface area (Å²) < 4.78 is 11.8. The van der Waals surface area contributed by atoms with Gasteiger partial charge in [-0.05, 0) is 62.4 Å². The summed E-state index contributed by atoms with van der Waals surface area (Å²) in [5, 5.41) is 26.4. The first-order valence-corrected chi connectivity index (χ1v) is 26.1. The zero-order chi connectivity index (χ0) is 43.9. The number of rotatable bonds is 41. The molecule has 6 heteroatoms. The Morgan fingerprint density at radius 1 is 0.492 bits per heavy atom. The van der Waals surface area contributed by atoms with Crippen molar-refractivity contribution in [1.29, 1.82) is 0 Å². The Labute approximate surface area is 369 Å². The molecule has 0 heterocycles. The van der Waals surface area contributed by atoms with Gasteiger partial charge in [0.1, 0.15) is 6.61 Å². The number of carbonyl (C=O) groups is 1. The average Bonchev–Trinajstić information content (AvgIpc) is 3.19. The van der Waals surface area contributed by atoms with Crippen LogP contribution in [0.1, 0.15) is 279 Å². The lowest BCUT2D eigenvalue weighted by Crippen LogP contribution is -2.26. The molecule has 0 aliphatic heterocycles. The standard InChI is InChI=1S/C43H82O4.2C5H12O/c1-3-5-7-9-11-13-15-17-19-21-23-25-27-29-31-36-42(40-34-33-35-40)47-41(38-44)39-46-43(45)37-32-30-28-26-24-22-20-18-16-14-12-10-8-6-4-2;2*1-5(2)3-4-6/h41,44H,3-39H2,1-2H3;2*5-6H,3-4H2,1-2H3. The van der Waals surface area contributed by atoms with Gasteiger partial charge in [-0.25, -0.2) is 0 Å². The number of hydrogen-bond acceptors (Lipinski definition) is 6. The van der Waals surface area contributed by atoms with Gasteiger partial charge >= 0.3 is 5.97 Å². The molecule has 0 aromatic carbocycles. The van der Waals surface area contributed by atoms with Crippen LogP contribution in [0.25, 0.3) is 0 Å². The molecule has 354 valence electrons. The third kappa shape index (κ3) is 47.8. The quantitative estimate of drug-likeness (QED) is 0.0322. The second-order valence-electron chi connectivity index (χ2n) is 18.7. The molecule has 1 fully saturated rings. The summed E-state index contributed by atoms with van der Waals surface area (Å²) in [4.78, 5) is 12.3. The molecule has 0 spiro atoms. The molecular weight excluding hydrogens is 733 g/mol. The first kappa shape index (κ1) is 60.0. The smallest absolute Gasteiger partial charge is 0.305 e. The number of ether oxygens (including phenoxy) is 2. The molecule has 6 nitrogen and oxygen atoms in total. The molecule has 0 bridgehead atoms. The molecule has 1 aliphatic carbocycles. The highest BCUT2D eigenvalue weighted by Crippen LogP contribution is 2.32. The maximum absolute atomic E-state index is 12.3. The first-order valence-electron chi connectivity index (χ1n) is 26.1. The lowest BCUT2D eigenvalue weighted by Gasteiger charge is -2.26. The van der Waals surface area contributed by atoms with Crippen LogP contribution in [-0.2, 0) is 14.3 Å². The molecule has 0 aromatic rings. The van der Waals surface area contributed by atoms with Crippen molar-refractivity contribution in [2.75, 3.05) is 26.4 Å². The third-order valence-electron chi connectivity index (χ3n) is 11.7. The van der Waals surface area contributed by atoms with Gasteiger partial charge in [0, 0.05) is 26.1 Å². The fourth-order valence-electron chi connectivity index (χ4n) is 7.35. The van der Waals surface area contributed by atoms with Crippen LogP contribution in [0.4, 0.5) is 0 Å². The summed E-state index contributed by atoms with van der Waals surface area (Å²) in [6, 6.07) is 0. The Morgan fingerprint density at radius 3 is 1.07 bits per heavy atom. The number of hydrogen-bond donors (Lipinski definition) is 3. The normalized spacial score (nSPS) is 12.8. The maximum Gasteiger partial charge on any atom is 0.305 e. The zero-order valence-corrected chi connectivity index (χ0v) is 40.8. The third-order valence-corrected chi connectivity index (χ3v) is 11.7. The second kappa shape index (κ2) is 49.5. The lowest BCUT2D eigenvalue weighted by molar-refractivity contribution is -0.148. The van der Waals surface area contributed by atoms with Crippen LogP contribution in [0.3, 0.4) is 0 Å². The number of aliphatic hydroxyl groups is 3. The molecule has 1 atom stereocenters. The predicted octanol–water partition coefficient (Wildman–Crippen LogP) is 15.9. The number of allylic oxidation sites excluding steroid dienone is 2. The molecule has 0 aromatic heterocycles. The van der Waals surface area contributed by atoms with Crippen LogP contribution in [0.2, 0.25) is 0 Å². The second-order valence-corrected chi connectivity index (χ2v) is 18.7. The van der Waals surface area contributed by atoms with E-state index in [0.29, 0.717) is 31.5 Å². The number of carbonyl (C=O) groups excluding carboxylic acids is 1. The van der Waals surface area contributed by atoms with Gasteiger partial charge in [0.05, 0.1) is 12.4 Å². The van der Waals surface area contributed by atoms with Crippen molar-refractivity contribution in [3.63, 3.8) is 0 Å². The monoisotopic (exact) mass is 839 g/mol. The van der Waals surface area contributed by atoms with Crippen molar-refractivity contribution in [3.8, 4) is 0 Å². The molecule has 0 amide bonds. The summed E-state index contributed by atoms with van der Waals surface area (Å²) in [6.45, 7) is 13.7. The van der Waals surface area contributed by atoms with Crippen LogP contribution in [0.5, 0.6) is 0 Å². The summed E-state index contributed by atoms with van der Waals surface area (Å²) in [6.07, 6.45) is 46.7. The fourth-order valence-corrected chi connectivity index (χ4v) is 7.35. The number of unbranched alkanes of at least 4 members (excludes halogenated alkanes) is 28. The van der Waals surface area contributed by atoms with Crippen molar-refractivity contribution in [2.24, 2.45) is 11.8 Å². The molecule has 1 rings (SSSR count). The van der Waals surface area contributed by atoms with Gasteiger partial charge in [-0.3, -0.25) is 4.79 Å². The Kier molecular flexibility index (Phi) is 50.4.